The highest BCUT2D eigenvalue weighted by molar-refractivity contribution is 5.03. The molecule has 2 aliphatic rings. The molecule has 2 nitrogen and oxygen atoms in total. The Morgan fingerprint density at radius 1 is 1.67 bits per heavy atom. The van der Waals surface area contributed by atoms with Crippen LogP contribution >= 0.6 is 0 Å². The van der Waals surface area contributed by atoms with Crippen LogP contribution in [0.25, 0.3) is 0 Å². The van der Waals surface area contributed by atoms with Crippen molar-refractivity contribution in [2.45, 2.75) is 25.0 Å². The van der Waals surface area contributed by atoms with Gasteiger partial charge in [-0.1, -0.05) is 0 Å². The van der Waals surface area contributed by atoms with Gasteiger partial charge in [0.25, 0.3) is 0 Å². The minimum atomic E-state index is 0.284. The lowest BCUT2D eigenvalue weighted by atomic mass is 10.00. The van der Waals surface area contributed by atoms with Crippen LogP contribution in [-0.2, 0) is 4.74 Å². The van der Waals surface area contributed by atoms with E-state index >= 15 is 0 Å². The summed E-state index contributed by atoms with van der Waals surface area (Å²) in [5.74, 6) is 0. The first kappa shape index (κ1) is 5.69. The predicted molar refractivity (Wildman–Crippen MR) is 35.4 cm³/mol. The van der Waals surface area contributed by atoms with Crippen LogP contribution in [0.2, 0.25) is 0 Å². The molecular formula is C7H13NO. The van der Waals surface area contributed by atoms with E-state index in [0.717, 1.165) is 6.54 Å². The molecule has 0 aromatic carbocycles. The third-order valence-electron chi connectivity index (χ3n) is 2.50. The Balaban J connectivity index is 2.01. The molecule has 2 fully saturated rings. The number of piperidine rings is 1. The Bertz CT molecular complexity index is 137. The second kappa shape index (κ2) is 1.50. The van der Waals surface area contributed by atoms with E-state index < -0.39 is 0 Å². The van der Waals surface area contributed by atoms with E-state index in [4.69, 9.17) is 4.74 Å². The lowest BCUT2D eigenvalue weighted by Crippen LogP contribution is -2.35. The summed E-state index contributed by atoms with van der Waals surface area (Å²) in [6.07, 6.45) is 1.77. The van der Waals surface area contributed by atoms with Gasteiger partial charge in [0.05, 0.1) is 11.7 Å². The number of fused-ring (bicyclic) bond motifs is 1. The molecule has 0 unspecified atom stereocenters. The Kier molecular flexibility index (Phi) is 0.945. The summed E-state index contributed by atoms with van der Waals surface area (Å²) in [5.41, 5.74) is 0.284. The first-order valence-corrected chi connectivity index (χ1v) is 3.57. The minimum absolute atomic E-state index is 0.284. The molecule has 2 atom stereocenters. The van der Waals surface area contributed by atoms with Crippen molar-refractivity contribution >= 4 is 0 Å². The number of epoxide rings is 1. The molecule has 0 spiro atoms. The van der Waals surface area contributed by atoms with Crippen LogP contribution in [0.15, 0.2) is 0 Å². The van der Waals surface area contributed by atoms with Crippen molar-refractivity contribution < 1.29 is 4.74 Å². The maximum absolute atomic E-state index is 5.49. The van der Waals surface area contributed by atoms with Crippen LogP contribution < -0.4 is 0 Å². The van der Waals surface area contributed by atoms with Gasteiger partial charge in [0.2, 0.25) is 0 Å². The van der Waals surface area contributed by atoms with Gasteiger partial charge in [-0.15, -0.1) is 0 Å². The summed E-state index contributed by atoms with van der Waals surface area (Å²) in [4.78, 5) is 2.33. The van der Waals surface area contributed by atoms with Crippen LogP contribution in [0.1, 0.15) is 13.3 Å². The van der Waals surface area contributed by atoms with Crippen LogP contribution in [0.4, 0.5) is 0 Å². The van der Waals surface area contributed by atoms with Crippen LogP contribution in [-0.4, -0.2) is 36.7 Å². The maximum atomic E-state index is 5.49. The van der Waals surface area contributed by atoms with Crippen molar-refractivity contribution in [3.8, 4) is 0 Å². The van der Waals surface area contributed by atoms with Crippen molar-refractivity contribution in [2.75, 3.05) is 20.1 Å². The van der Waals surface area contributed by atoms with E-state index in [2.05, 4.69) is 18.9 Å². The Morgan fingerprint density at radius 2 is 2.44 bits per heavy atom. The van der Waals surface area contributed by atoms with Gasteiger partial charge in [-0.05, 0) is 20.4 Å². The highest BCUT2D eigenvalue weighted by Gasteiger charge is 2.54. The number of ether oxygens (including phenoxy) is 1. The van der Waals surface area contributed by atoms with Crippen LogP contribution in [0, 0.1) is 0 Å². The molecule has 2 saturated heterocycles. The molecule has 0 aliphatic carbocycles. The summed E-state index contributed by atoms with van der Waals surface area (Å²) in [5, 5.41) is 0. The van der Waals surface area contributed by atoms with E-state index in [1.165, 1.54) is 13.0 Å². The number of hydrogen-bond donors (Lipinski definition) is 0. The second-order valence-corrected chi connectivity index (χ2v) is 3.43. The average molecular weight is 127 g/mol. The van der Waals surface area contributed by atoms with E-state index in [9.17, 15) is 0 Å². The van der Waals surface area contributed by atoms with Gasteiger partial charge in [0.15, 0.2) is 0 Å². The van der Waals surface area contributed by atoms with Gasteiger partial charge >= 0.3 is 0 Å². The third kappa shape index (κ3) is 0.775. The lowest BCUT2D eigenvalue weighted by Gasteiger charge is -2.21. The van der Waals surface area contributed by atoms with E-state index in [0.29, 0.717) is 6.10 Å². The van der Waals surface area contributed by atoms with Crippen LogP contribution in [0.3, 0.4) is 0 Å². The van der Waals surface area contributed by atoms with Gasteiger partial charge in [-0.3, -0.25) is 0 Å². The van der Waals surface area contributed by atoms with Crippen LogP contribution in [0.5, 0.6) is 0 Å². The van der Waals surface area contributed by atoms with Gasteiger partial charge < -0.3 is 9.64 Å². The molecule has 0 saturated carbocycles. The number of nitrogens with zero attached hydrogens (tertiary/aromatic N) is 1. The Hall–Kier alpha value is -0.0800. The standard InChI is InChI=1S/C7H13NO/c1-7-3-4-8(2)5-6(7)9-7/h6H,3-5H2,1-2H3/t6-,7-/m1/s1. The summed E-state index contributed by atoms with van der Waals surface area (Å²) < 4.78 is 5.49. The maximum Gasteiger partial charge on any atom is 0.0997 e. The zero-order valence-corrected chi connectivity index (χ0v) is 6.05. The molecule has 0 bridgehead atoms. The number of likely N-dealkylation sites (N-methyl/N-ethyl adjacent to an activating group) is 1. The summed E-state index contributed by atoms with van der Waals surface area (Å²) in [6, 6.07) is 0. The highest BCUT2D eigenvalue weighted by atomic mass is 16.6. The molecule has 0 radical (unpaired) electrons. The molecular weight excluding hydrogens is 114 g/mol. The number of hydrogen-bond acceptors (Lipinski definition) is 2. The summed E-state index contributed by atoms with van der Waals surface area (Å²) >= 11 is 0. The van der Waals surface area contributed by atoms with Crippen molar-refractivity contribution in [1.82, 2.24) is 4.90 Å². The second-order valence-electron chi connectivity index (χ2n) is 3.43. The minimum Gasteiger partial charge on any atom is -0.365 e. The smallest absolute Gasteiger partial charge is 0.0997 e. The van der Waals surface area contributed by atoms with Crippen molar-refractivity contribution in [2.24, 2.45) is 0 Å². The summed E-state index contributed by atoms with van der Waals surface area (Å²) in [7, 11) is 2.15. The normalized spacial score (nSPS) is 50.7. The fraction of sp³-hybridized carbons (Fsp3) is 1.00. The molecule has 0 aromatic heterocycles. The predicted octanol–water partition coefficient (Wildman–Crippen LogP) is 0.479. The van der Waals surface area contributed by atoms with E-state index in [-0.39, 0.29) is 5.60 Å². The molecule has 9 heavy (non-hydrogen) atoms. The van der Waals surface area contributed by atoms with Gasteiger partial charge in [0, 0.05) is 13.1 Å². The third-order valence-corrected chi connectivity index (χ3v) is 2.50. The quantitative estimate of drug-likeness (QED) is 0.440. The van der Waals surface area contributed by atoms with E-state index in [1.54, 1.807) is 0 Å². The molecule has 2 aliphatic heterocycles. The SMILES string of the molecule is CN1CC[C@@]2(C)O[C@@H]2C1. The largest absolute Gasteiger partial charge is 0.365 e. The fourth-order valence-corrected chi connectivity index (χ4v) is 1.53. The Morgan fingerprint density at radius 3 is 3.00 bits per heavy atom. The molecule has 2 heterocycles. The zero-order chi connectivity index (χ0) is 6.48. The highest BCUT2D eigenvalue weighted by Crippen LogP contribution is 2.42. The van der Waals surface area contributed by atoms with Crippen molar-refractivity contribution in [3.63, 3.8) is 0 Å². The first-order valence-electron chi connectivity index (χ1n) is 3.57. The molecule has 52 valence electrons. The van der Waals surface area contributed by atoms with E-state index in [1.807, 2.05) is 0 Å². The average Bonchev–Trinajstić information content (AvgIpc) is 2.41. The number of rotatable bonds is 0. The van der Waals surface area contributed by atoms with Crippen molar-refractivity contribution in [3.05, 3.63) is 0 Å². The Labute approximate surface area is 55.8 Å². The summed E-state index contributed by atoms with van der Waals surface area (Å²) in [6.45, 7) is 4.55. The van der Waals surface area contributed by atoms with Gasteiger partial charge in [-0.25, -0.2) is 0 Å². The molecule has 0 amide bonds. The molecule has 0 aromatic rings. The monoisotopic (exact) mass is 127 g/mol. The first-order chi connectivity index (χ1) is 4.21. The van der Waals surface area contributed by atoms with Gasteiger partial charge in [0.1, 0.15) is 0 Å². The van der Waals surface area contributed by atoms with Crippen molar-refractivity contribution in [1.29, 1.82) is 0 Å². The number of likely N-dealkylation sites (tertiary alicyclic amines) is 1. The molecule has 2 heteroatoms. The zero-order valence-electron chi connectivity index (χ0n) is 6.05. The topological polar surface area (TPSA) is 15.8 Å². The van der Waals surface area contributed by atoms with Gasteiger partial charge in [-0.2, -0.15) is 0 Å². The lowest BCUT2D eigenvalue weighted by molar-refractivity contribution is 0.274. The fourth-order valence-electron chi connectivity index (χ4n) is 1.53. The molecule has 2 rings (SSSR count). The molecule has 0 N–H and O–H groups in total.